The van der Waals surface area contributed by atoms with Crippen LogP contribution in [0.15, 0.2) is 0 Å². The Morgan fingerprint density at radius 1 is 1.31 bits per heavy atom. The Kier molecular flexibility index (Phi) is 6.65. The van der Waals surface area contributed by atoms with Gasteiger partial charge in [-0.25, -0.2) is 0 Å². The summed E-state index contributed by atoms with van der Waals surface area (Å²) in [5, 5.41) is 0. The van der Waals surface area contributed by atoms with Crippen molar-refractivity contribution < 1.29 is 14.3 Å². The summed E-state index contributed by atoms with van der Waals surface area (Å²) in [6.45, 7) is 11.4. The molecule has 0 saturated carbocycles. The molecule has 96 valence electrons. The van der Waals surface area contributed by atoms with Gasteiger partial charge in [0.25, 0.3) is 0 Å². The summed E-state index contributed by atoms with van der Waals surface area (Å²) in [5.74, 6) is 0.177. The third-order valence-electron chi connectivity index (χ3n) is 3.10. The normalized spacial score (nSPS) is 15.6. The molecule has 0 aromatic heterocycles. The highest BCUT2D eigenvalue weighted by Gasteiger charge is 2.28. The number of hydrogen-bond donors (Lipinski definition) is 0. The summed E-state index contributed by atoms with van der Waals surface area (Å²) < 4.78 is 10.1. The highest BCUT2D eigenvalue weighted by atomic mass is 16.5. The molecule has 0 saturated heterocycles. The molecule has 2 unspecified atom stereocenters. The van der Waals surface area contributed by atoms with E-state index in [0.717, 1.165) is 6.42 Å². The SMILES string of the molecule is CCOC(=O)C(COC)CC(C)C(C)(C)C. The van der Waals surface area contributed by atoms with E-state index in [-0.39, 0.29) is 17.3 Å². The smallest absolute Gasteiger partial charge is 0.311 e. The Balaban J connectivity index is 4.38. The van der Waals surface area contributed by atoms with E-state index in [0.29, 0.717) is 19.1 Å². The van der Waals surface area contributed by atoms with E-state index in [1.165, 1.54) is 0 Å². The lowest BCUT2D eigenvalue weighted by Crippen LogP contribution is -2.28. The second-order valence-electron chi connectivity index (χ2n) is 5.41. The van der Waals surface area contributed by atoms with Crippen molar-refractivity contribution in [1.82, 2.24) is 0 Å². The van der Waals surface area contributed by atoms with Crippen LogP contribution in [0.3, 0.4) is 0 Å². The van der Waals surface area contributed by atoms with Gasteiger partial charge in [0.05, 0.1) is 19.1 Å². The third-order valence-corrected chi connectivity index (χ3v) is 3.10. The fraction of sp³-hybridized carbons (Fsp3) is 0.923. The van der Waals surface area contributed by atoms with E-state index < -0.39 is 0 Å². The molecular formula is C13H26O3. The van der Waals surface area contributed by atoms with Crippen molar-refractivity contribution in [2.45, 2.75) is 41.0 Å². The largest absolute Gasteiger partial charge is 0.466 e. The molecule has 0 radical (unpaired) electrons. The maximum Gasteiger partial charge on any atom is 0.311 e. The topological polar surface area (TPSA) is 35.5 Å². The minimum Gasteiger partial charge on any atom is -0.466 e. The van der Waals surface area contributed by atoms with Gasteiger partial charge in [0.1, 0.15) is 0 Å². The van der Waals surface area contributed by atoms with Gasteiger partial charge in [0.15, 0.2) is 0 Å². The minimum atomic E-state index is -0.140. The first-order valence-electron chi connectivity index (χ1n) is 5.98. The molecule has 0 aliphatic carbocycles. The summed E-state index contributed by atoms with van der Waals surface area (Å²) in [6.07, 6.45) is 0.816. The highest BCUT2D eigenvalue weighted by molar-refractivity contribution is 5.72. The summed E-state index contributed by atoms with van der Waals surface area (Å²) >= 11 is 0. The molecule has 16 heavy (non-hydrogen) atoms. The number of rotatable bonds is 6. The molecule has 3 nitrogen and oxygen atoms in total. The Hall–Kier alpha value is -0.570. The van der Waals surface area contributed by atoms with E-state index in [2.05, 4.69) is 27.7 Å². The number of carbonyl (C=O) groups is 1. The van der Waals surface area contributed by atoms with Gasteiger partial charge in [-0.05, 0) is 24.7 Å². The molecule has 0 spiro atoms. The predicted octanol–water partition coefficient (Wildman–Crippen LogP) is 2.88. The average molecular weight is 230 g/mol. The van der Waals surface area contributed by atoms with Crippen LogP contribution >= 0.6 is 0 Å². The molecule has 0 N–H and O–H groups in total. The van der Waals surface area contributed by atoms with Crippen LogP contribution in [-0.4, -0.2) is 26.3 Å². The summed E-state index contributed by atoms with van der Waals surface area (Å²) in [6, 6.07) is 0. The van der Waals surface area contributed by atoms with Gasteiger partial charge in [0, 0.05) is 7.11 Å². The van der Waals surface area contributed by atoms with E-state index in [4.69, 9.17) is 9.47 Å². The van der Waals surface area contributed by atoms with E-state index in [1.807, 2.05) is 6.92 Å². The zero-order valence-corrected chi connectivity index (χ0v) is 11.5. The van der Waals surface area contributed by atoms with Crippen LogP contribution in [-0.2, 0) is 14.3 Å². The van der Waals surface area contributed by atoms with E-state index in [1.54, 1.807) is 7.11 Å². The summed E-state index contributed by atoms with van der Waals surface area (Å²) in [7, 11) is 1.62. The number of carbonyl (C=O) groups excluding carboxylic acids is 1. The quantitative estimate of drug-likeness (QED) is 0.658. The van der Waals surface area contributed by atoms with Crippen molar-refractivity contribution in [3.8, 4) is 0 Å². The minimum absolute atomic E-state index is 0.138. The zero-order valence-electron chi connectivity index (χ0n) is 11.5. The second kappa shape index (κ2) is 6.89. The van der Waals surface area contributed by atoms with Crippen LogP contribution in [0.1, 0.15) is 41.0 Å². The van der Waals surface area contributed by atoms with E-state index in [9.17, 15) is 4.79 Å². The predicted molar refractivity (Wildman–Crippen MR) is 65.2 cm³/mol. The van der Waals surface area contributed by atoms with Gasteiger partial charge >= 0.3 is 5.97 Å². The summed E-state index contributed by atoms with van der Waals surface area (Å²) in [5.41, 5.74) is 0.207. The number of methoxy groups -OCH3 is 1. The van der Waals surface area contributed by atoms with Crippen LogP contribution < -0.4 is 0 Å². The van der Waals surface area contributed by atoms with Gasteiger partial charge in [-0.3, -0.25) is 4.79 Å². The van der Waals surface area contributed by atoms with Crippen LogP contribution in [0.4, 0.5) is 0 Å². The Morgan fingerprint density at radius 2 is 1.88 bits per heavy atom. The molecule has 0 aromatic rings. The Labute approximate surface area is 99.5 Å². The first kappa shape index (κ1) is 15.4. The van der Waals surface area contributed by atoms with Crippen molar-refractivity contribution in [3.63, 3.8) is 0 Å². The van der Waals surface area contributed by atoms with Crippen molar-refractivity contribution in [2.75, 3.05) is 20.3 Å². The van der Waals surface area contributed by atoms with Crippen LogP contribution in [0.5, 0.6) is 0 Å². The Bertz CT molecular complexity index is 206. The van der Waals surface area contributed by atoms with Crippen molar-refractivity contribution >= 4 is 5.97 Å². The number of hydrogen-bond acceptors (Lipinski definition) is 3. The van der Waals surface area contributed by atoms with Crippen molar-refractivity contribution in [2.24, 2.45) is 17.3 Å². The Morgan fingerprint density at radius 3 is 2.25 bits per heavy atom. The first-order chi connectivity index (χ1) is 7.32. The monoisotopic (exact) mass is 230 g/mol. The molecule has 3 heteroatoms. The molecule has 0 aliphatic rings. The van der Waals surface area contributed by atoms with Gasteiger partial charge in [0.2, 0.25) is 0 Å². The molecule has 0 heterocycles. The number of esters is 1. The van der Waals surface area contributed by atoms with Gasteiger partial charge < -0.3 is 9.47 Å². The molecule has 2 atom stereocenters. The molecule has 0 rings (SSSR count). The lowest BCUT2D eigenvalue weighted by Gasteiger charge is -2.29. The third kappa shape index (κ3) is 5.50. The molecule has 0 aliphatic heterocycles. The van der Waals surface area contributed by atoms with Gasteiger partial charge in [-0.1, -0.05) is 27.7 Å². The molecule has 0 fully saturated rings. The molecular weight excluding hydrogens is 204 g/mol. The molecule has 0 aromatic carbocycles. The van der Waals surface area contributed by atoms with Crippen molar-refractivity contribution in [3.05, 3.63) is 0 Å². The van der Waals surface area contributed by atoms with E-state index >= 15 is 0 Å². The lowest BCUT2D eigenvalue weighted by atomic mass is 9.77. The first-order valence-corrected chi connectivity index (χ1v) is 5.98. The maximum absolute atomic E-state index is 11.7. The van der Waals surface area contributed by atoms with Crippen LogP contribution in [0, 0.1) is 17.3 Å². The highest BCUT2D eigenvalue weighted by Crippen LogP contribution is 2.31. The van der Waals surface area contributed by atoms with Crippen LogP contribution in [0.2, 0.25) is 0 Å². The number of ether oxygens (including phenoxy) is 2. The average Bonchev–Trinajstić information content (AvgIpc) is 2.15. The fourth-order valence-electron chi connectivity index (χ4n) is 1.47. The standard InChI is InChI=1S/C13H26O3/c1-7-16-12(14)11(9-15-6)8-10(2)13(3,4)5/h10-11H,7-9H2,1-6H3. The van der Waals surface area contributed by atoms with Crippen LogP contribution in [0.25, 0.3) is 0 Å². The van der Waals surface area contributed by atoms with Gasteiger partial charge in [-0.2, -0.15) is 0 Å². The maximum atomic E-state index is 11.7. The lowest BCUT2D eigenvalue weighted by molar-refractivity contribution is -0.150. The van der Waals surface area contributed by atoms with Crippen molar-refractivity contribution in [1.29, 1.82) is 0 Å². The molecule has 0 bridgehead atoms. The van der Waals surface area contributed by atoms with Gasteiger partial charge in [-0.15, -0.1) is 0 Å². The summed E-state index contributed by atoms with van der Waals surface area (Å²) in [4.78, 5) is 11.7. The second-order valence-corrected chi connectivity index (χ2v) is 5.41. The zero-order chi connectivity index (χ0) is 12.8. The molecule has 0 amide bonds. The fourth-order valence-corrected chi connectivity index (χ4v) is 1.47.